The van der Waals surface area contributed by atoms with E-state index < -0.39 is 0 Å². The lowest BCUT2D eigenvalue weighted by molar-refractivity contribution is 0.298. The van der Waals surface area contributed by atoms with E-state index in [2.05, 4.69) is 34.9 Å². The topological polar surface area (TPSA) is 98.7 Å². The minimum atomic E-state index is -0.289. The van der Waals surface area contributed by atoms with Crippen molar-refractivity contribution in [3.8, 4) is 34.7 Å². The van der Waals surface area contributed by atoms with Crippen LogP contribution in [-0.2, 0) is 0 Å². The first-order valence-corrected chi connectivity index (χ1v) is 13.3. The highest BCUT2D eigenvalue weighted by molar-refractivity contribution is 9.10. The van der Waals surface area contributed by atoms with E-state index in [4.69, 9.17) is 24.5 Å². The van der Waals surface area contributed by atoms with E-state index in [1.807, 2.05) is 44.2 Å². The van der Waals surface area contributed by atoms with Gasteiger partial charge in [-0.2, -0.15) is 15.0 Å². The number of aryl methyl sites for hydroxylation is 1. The number of nitriles is 1. The van der Waals surface area contributed by atoms with Crippen molar-refractivity contribution in [3.63, 3.8) is 0 Å². The van der Waals surface area contributed by atoms with Crippen LogP contribution in [0, 0.1) is 18.3 Å². The molecule has 0 amide bonds. The van der Waals surface area contributed by atoms with Crippen LogP contribution < -0.4 is 19.8 Å². The number of para-hydroxylation sites is 1. The number of aromatic nitrogens is 2. The van der Waals surface area contributed by atoms with Gasteiger partial charge in [-0.05, 0) is 83.2 Å². The molecule has 0 aliphatic carbocycles. The Labute approximate surface area is 235 Å². The molecule has 0 spiro atoms. The lowest BCUT2D eigenvalue weighted by Crippen LogP contribution is -2.21. The second kappa shape index (κ2) is 12.1. The minimum Gasteiger partial charge on any atom is -0.496 e. The Bertz CT molecular complexity index is 1650. The van der Waals surface area contributed by atoms with Gasteiger partial charge in [0.15, 0.2) is 23.9 Å². The van der Waals surface area contributed by atoms with Crippen molar-refractivity contribution in [2.24, 2.45) is 5.10 Å². The molecule has 3 aromatic carbocycles. The number of hydrogen-bond donors (Lipinski definition) is 0. The number of fused-ring (bicyclic) bond motifs is 1. The number of halogens is 1. The Hall–Kier alpha value is -4.16. The van der Waals surface area contributed by atoms with Gasteiger partial charge >= 0.3 is 0 Å². The Balaban J connectivity index is 1.93. The summed E-state index contributed by atoms with van der Waals surface area (Å²) in [7, 11) is 1.65. The molecule has 4 rings (SSSR count). The van der Waals surface area contributed by atoms with Crippen LogP contribution in [0.5, 0.6) is 17.2 Å². The lowest BCUT2D eigenvalue weighted by atomic mass is 9.96. The standard InChI is InChI=1S/C30H29BrN4O4/c1-6-38-27-14-20(24(31)16-28(27)39-12-11-32)17-33-35-29(34-25-10-8-7-9-21(25)30(35)36)23-15-22(18(2)3)26(37-5)13-19(23)4/h7-10,13-18H,6,12H2,1-5H3. The first kappa shape index (κ1) is 27.9. The van der Waals surface area contributed by atoms with Crippen molar-refractivity contribution < 1.29 is 14.2 Å². The molecule has 0 saturated heterocycles. The number of rotatable bonds is 9. The molecule has 4 aromatic rings. The molecule has 0 aliphatic heterocycles. The normalized spacial score (nSPS) is 11.2. The highest BCUT2D eigenvalue weighted by Crippen LogP contribution is 2.35. The zero-order valence-corrected chi connectivity index (χ0v) is 24.1. The summed E-state index contributed by atoms with van der Waals surface area (Å²) in [6.45, 7) is 8.30. The molecule has 9 heteroatoms. The van der Waals surface area contributed by atoms with E-state index >= 15 is 0 Å². The fourth-order valence-corrected chi connectivity index (χ4v) is 4.66. The summed E-state index contributed by atoms with van der Waals surface area (Å²) in [6, 6.07) is 16.6. The SMILES string of the molecule is CCOc1cc(C=Nn2c(-c3cc(C(C)C)c(OC)cc3C)nc3ccccc3c2=O)c(Br)cc1OCC#N. The maximum Gasteiger partial charge on any atom is 0.282 e. The Morgan fingerprint density at radius 1 is 1.13 bits per heavy atom. The molecule has 0 aliphatic rings. The Morgan fingerprint density at radius 3 is 2.56 bits per heavy atom. The van der Waals surface area contributed by atoms with Gasteiger partial charge in [-0.3, -0.25) is 4.79 Å². The smallest absolute Gasteiger partial charge is 0.282 e. The first-order chi connectivity index (χ1) is 18.8. The molecule has 0 radical (unpaired) electrons. The zero-order chi connectivity index (χ0) is 28.1. The van der Waals surface area contributed by atoms with Crippen LogP contribution in [0.4, 0.5) is 0 Å². The van der Waals surface area contributed by atoms with Crippen molar-refractivity contribution in [2.75, 3.05) is 20.3 Å². The lowest BCUT2D eigenvalue weighted by Gasteiger charge is -2.17. The Morgan fingerprint density at radius 2 is 1.87 bits per heavy atom. The van der Waals surface area contributed by atoms with Crippen LogP contribution in [0.1, 0.15) is 43.4 Å². The quantitative estimate of drug-likeness (QED) is 0.208. The molecule has 0 bridgehead atoms. The van der Waals surface area contributed by atoms with Gasteiger partial charge in [0.05, 0.1) is 30.8 Å². The van der Waals surface area contributed by atoms with Crippen LogP contribution in [-0.4, -0.2) is 36.2 Å². The first-order valence-electron chi connectivity index (χ1n) is 12.5. The van der Waals surface area contributed by atoms with E-state index in [0.717, 1.165) is 22.4 Å². The maximum absolute atomic E-state index is 13.7. The molecule has 0 atom stereocenters. The number of ether oxygens (including phenoxy) is 3. The summed E-state index contributed by atoms with van der Waals surface area (Å²) in [4.78, 5) is 18.6. The van der Waals surface area contributed by atoms with Crippen LogP contribution in [0.2, 0.25) is 0 Å². The third kappa shape index (κ3) is 5.81. The second-order valence-corrected chi connectivity index (χ2v) is 9.93. The average molecular weight is 589 g/mol. The molecule has 1 aromatic heterocycles. The predicted molar refractivity (Wildman–Crippen MR) is 156 cm³/mol. The van der Waals surface area contributed by atoms with Crippen LogP contribution in [0.25, 0.3) is 22.3 Å². The van der Waals surface area contributed by atoms with Gasteiger partial charge in [0, 0.05) is 15.6 Å². The van der Waals surface area contributed by atoms with Crippen molar-refractivity contribution in [3.05, 3.63) is 80.0 Å². The summed E-state index contributed by atoms with van der Waals surface area (Å²) in [5.74, 6) is 2.30. The monoisotopic (exact) mass is 588 g/mol. The highest BCUT2D eigenvalue weighted by atomic mass is 79.9. The number of hydrogen-bond acceptors (Lipinski definition) is 7. The van der Waals surface area contributed by atoms with Crippen LogP contribution >= 0.6 is 15.9 Å². The van der Waals surface area contributed by atoms with Crippen LogP contribution in [0.15, 0.2) is 62.9 Å². The predicted octanol–water partition coefficient (Wildman–Crippen LogP) is 6.45. The largest absolute Gasteiger partial charge is 0.496 e. The zero-order valence-electron chi connectivity index (χ0n) is 22.5. The second-order valence-electron chi connectivity index (χ2n) is 9.08. The van der Waals surface area contributed by atoms with Crippen LogP contribution in [0.3, 0.4) is 0 Å². The molecule has 39 heavy (non-hydrogen) atoms. The van der Waals surface area contributed by atoms with E-state index in [9.17, 15) is 4.79 Å². The van der Waals surface area contributed by atoms with Crippen molar-refractivity contribution >= 4 is 33.0 Å². The van der Waals surface area contributed by atoms with Gasteiger partial charge in [-0.15, -0.1) is 0 Å². The van der Waals surface area contributed by atoms with Gasteiger partial charge in [0.25, 0.3) is 5.56 Å². The molecule has 0 fully saturated rings. The van der Waals surface area contributed by atoms with Gasteiger partial charge < -0.3 is 14.2 Å². The fourth-order valence-electron chi connectivity index (χ4n) is 4.23. The molecule has 200 valence electrons. The summed E-state index contributed by atoms with van der Waals surface area (Å²) in [5, 5.41) is 14.0. The summed E-state index contributed by atoms with van der Waals surface area (Å²) < 4.78 is 18.8. The molecule has 0 unspecified atom stereocenters. The molecular formula is C30H29BrN4O4. The van der Waals surface area contributed by atoms with E-state index in [0.29, 0.717) is 44.9 Å². The van der Waals surface area contributed by atoms with E-state index in [1.54, 1.807) is 37.6 Å². The number of methoxy groups -OCH3 is 1. The van der Waals surface area contributed by atoms with Gasteiger partial charge in [0.2, 0.25) is 0 Å². The number of nitrogens with zero attached hydrogens (tertiary/aromatic N) is 4. The van der Waals surface area contributed by atoms with E-state index in [-0.39, 0.29) is 18.1 Å². The van der Waals surface area contributed by atoms with Gasteiger partial charge in [-0.25, -0.2) is 4.98 Å². The highest BCUT2D eigenvalue weighted by Gasteiger charge is 2.18. The van der Waals surface area contributed by atoms with Crippen molar-refractivity contribution in [1.29, 1.82) is 5.26 Å². The third-order valence-electron chi connectivity index (χ3n) is 6.16. The summed E-state index contributed by atoms with van der Waals surface area (Å²) in [5.41, 5.74) is 3.65. The van der Waals surface area contributed by atoms with Crippen molar-refractivity contribution in [1.82, 2.24) is 9.66 Å². The summed E-state index contributed by atoms with van der Waals surface area (Å²) >= 11 is 3.55. The molecule has 8 nitrogen and oxygen atoms in total. The molecule has 0 saturated carbocycles. The molecular weight excluding hydrogens is 560 g/mol. The van der Waals surface area contributed by atoms with Gasteiger partial charge in [0.1, 0.15) is 11.8 Å². The summed E-state index contributed by atoms with van der Waals surface area (Å²) in [6.07, 6.45) is 1.57. The Kier molecular flexibility index (Phi) is 8.67. The number of benzene rings is 3. The van der Waals surface area contributed by atoms with E-state index in [1.165, 1.54) is 4.68 Å². The molecule has 0 N–H and O–H groups in total. The van der Waals surface area contributed by atoms with Crippen molar-refractivity contribution in [2.45, 2.75) is 33.6 Å². The average Bonchev–Trinajstić information content (AvgIpc) is 2.92. The van der Waals surface area contributed by atoms with Gasteiger partial charge in [-0.1, -0.05) is 26.0 Å². The fraction of sp³-hybridized carbons (Fsp3) is 0.267. The minimum absolute atomic E-state index is 0.110. The maximum atomic E-state index is 13.7. The third-order valence-corrected chi connectivity index (χ3v) is 6.85. The molecule has 1 heterocycles.